The molecule has 3 nitrogen and oxygen atoms in total. The summed E-state index contributed by atoms with van der Waals surface area (Å²) in [7, 11) is 0. The van der Waals surface area contributed by atoms with Crippen molar-refractivity contribution in [1.82, 2.24) is 0 Å². The topological polar surface area (TPSA) is 49.3 Å². The van der Waals surface area contributed by atoms with E-state index in [-0.39, 0.29) is 25.0 Å². The zero-order valence-electron chi connectivity index (χ0n) is 10.0. The quantitative estimate of drug-likeness (QED) is 0.665. The second kappa shape index (κ2) is 4.69. The number of carbonyl (C=O) groups excluding carboxylic acids is 1. The molecule has 8 heteroatoms. The molecule has 20 heavy (non-hydrogen) atoms. The van der Waals surface area contributed by atoms with Crippen LogP contribution in [0.25, 0.3) is 0 Å². The Hall–Kier alpha value is -1.70. The number of carbonyl (C=O) groups is 1. The number of aliphatic hydroxyl groups is 1. The number of hydrogen-bond acceptors (Lipinski definition) is 2. The van der Waals surface area contributed by atoms with Crippen molar-refractivity contribution in [2.45, 2.75) is 30.8 Å². The third-order valence-electron chi connectivity index (χ3n) is 3.31. The van der Waals surface area contributed by atoms with Crippen LogP contribution in [-0.4, -0.2) is 22.5 Å². The number of halogens is 5. The summed E-state index contributed by atoms with van der Waals surface area (Å²) >= 11 is 0. The lowest BCUT2D eigenvalue weighted by molar-refractivity contribution is -0.212. The number of benzene rings is 1. The van der Waals surface area contributed by atoms with Crippen molar-refractivity contribution in [3.8, 4) is 0 Å². The van der Waals surface area contributed by atoms with Gasteiger partial charge in [-0.25, -0.2) is 13.2 Å². The highest BCUT2D eigenvalue weighted by Gasteiger charge is 2.61. The molecule has 1 aromatic rings. The predicted octanol–water partition coefficient (Wildman–Crippen LogP) is 2.59. The molecular formula is C12H10F5NO2. The fourth-order valence-corrected chi connectivity index (χ4v) is 1.86. The average molecular weight is 295 g/mol. The van der Waals surface area contributed by atoms with E-state index >= 15 is 0 Å². The Balaban J connectivity index is 2.22. The molecule has 0 aliphatic heterocycles. The maximum Gasteiger partial charge on any atom is 0.352 e. The SMILES string of the molecule is O=C(Nc1cc(F)c(F)cc1F)C(F)(F)C1(O)CCC1. The summed E-state index contributed by atoms with van der Waals surface area (Å²) in [6.45, 7) is 0. The van der Waals surface area contributed by atoms with Gasteiger partial charge in [0.1, 0.15) is 11.4 Å². The summed E-state index contributed by atoms with van der Waals surface area (Å²) in [6.07, 6.45) is -0.208. The van der Waals surface area contributed by atoms with Gasteiger partial charge in [0.15, 0.2) is 11.6 Å². The second-order valence-corrected chi connectivity index (χ2v) is 4.66. The van der Waals surface area contributed by atoms with Gasteiger partial charge in [0.25, 0.3) is 5.91 Å². The molecule has 110 valence electrons. The Morgan fingerprint density at radius 3 is 2.20 bits per heavy atom. The zero-order chi connectivity index (χ0) is 15.1. The number of rotatable bonds is 3. The van der Waals surface area contributed by atoms with Gasteiger partial charge < -0.3 is 10.4 Å². The van der Waals surface area contributed by atoms with Crippen LogP contribution in [0.5, 0.6) is 0 Å². The fraction of sp³-hybridized carbons (Fsp3) is 0.417. The molecule has 0 unspecified atom stereocenters. The highest BCUT2D eigenvalue weighted by molar-refractivity contribution is 5.97. The van der Waals surface area contributed by atoms with Gasteiger partial charge >= 0.3 is 5.92 Å². The molecule has 1 amide bonds. The molecule has 0 heterocycles. The van der Waals surface area contributed by atoms with Gasteiger partial charge in [0.2, 0.25) is 0 Å². The summed E-state index contributed by atoms with van der Waals surface area (Å²) in [5, 5.41) is 11.0. The highest BCUT2D eigenvalue weighted by atomic mass is 19.3. The van der Waals surface area contributed by atoms with Crippen molar-refractivity contribution >= 4 is 11.6 Å². The van der Waals surface area contributed by atoms with Crippen LogP contribution in [0.3, 0.4) is 0 Å². The van der Waals surface area contributed by atoms with Gasteiger partial charge in [-0.3, -0.25) is 4.79 Å². The monoisotopic (exact) mass is 295 g/mol. The van der Waals surface area contributed by atoms with Crippen molar-refractivity contribution in [3.63, 3.8) is 0 Å². The van der Waals surface area contributed by atoms with E-state index in [0.717, 1.165) is 0 Å². The minimum Gasteiger partial charge on any atom is -0.383 e. The molecule has 1 aliphatic carbocycles. The molecule has 1 fully saturated rings. The summed E-state index contributed by atoms with van der Waals surface area (Å²) in [5.41, 5.74) is -3.40. The Morgan fingerprint density at radius 1 is 1.15 bits per heavy atom. The van der Waals surface area contributed by atoms with Crippen molar-refractivity contribution in [2.75, 3.05) is 5.32 Å². The van der Waals surface area contributed by atoms with E-state index in [0.29, 0.717) is 6.42 Å². The predicted molar refractivity (Wildman–Crippen MR) is 58.7 cm³/mol. The van der Waals surface area contributed by atoms with Gasteiger partial charge in [-0.05, 0) is 19.3 Å². The van der Waals surface area contributed by atoms with Gasteiger partial charge in [-0.15, -0.1) is 0 Å². The van der Waals surface area contributed by atoms with Crippen LogP contribution in [0.15, 0.2) is 12.1 Å². The largest absolute Gasteiger partial charge is 0.383 e. The highest BCUT2D eigenvalue weighted by Crippen LogP contribution is 2.44. The zero-order valence-corrected chi connectivity index (χ0v) is 10.0. The molecule has 0 saturated heterocycles. The Morgan fingerprint density at radius 2 is 1.70 bits per heavy atom. The third kappa shape index (κ3) is 2.24. The van der Waals surface area contributed by atoms with Crippen LogP contribution in [0.1, 0.15) is 19.3 Å². The smallest absolute Gasteiger partial charge is 0.352 e. The number of anilines is 1. The summed E-state index contributed by atoms with van der Waals surface area (Å²) in [4.78, 5) is 11.4. The van der Waals surface area contributed by atoms with Gasteiger partial charge in [-0.1, -0.05) is 0 Å². The van der Waals surface area contributed by atoms with Gasteiger partial charge in [0.05, 0.1) is 5.69 Å². The second-order valence-electron chi connectivity index (χ2n) is 4.66. The summed E-state index contributed by atoms with van der Waals surface area (Å²) in [6, 6.07) is 0.380. The van der Waals surface area contributed by atoms with E-state index in [1.807, 2.05) is 0 Å². The lowest BCUT2D eigenvalue weighted by atomic mass is 9.75. The molecule has 1 saturated carbocycles. The van der Waals surface area contributed by atoms with Crippen LogP contribution in [0.2, 0.25) is 0 Å². The summed E-state index contributed by atoms with van der Waals surface area (Å²) < 4.78 is 66.2. The first-order valence-electron chi connectivity index (χ1n) is 5.73. The standard InChI is InChI=1S/C12H10F5NO2/c13-6-4-8(15)9(5-7(6)14)18-10(19)12(16,17)11(20)2-1-3-11/h4-5,20H,1-3H2,(H,18,19). The van der Waals surface area contributed by atoms with E-state index in [2.05, 4.69) is 0 Å². The van der Waals surface area contributed by atoms with E-state index < -0.39 is 40.6 Å². The fourth-order valence-electron chi connectivity index (χ4n) is 1.86. The lowest BCUT2D eigenvalue weighted by Gasteiger charge is -2.41. The molecule has 0 bridgehead atoms. The maximum absolute atomic E-state index is 13.7. The molecular weight excluding hydrogens is 285 g/mol. The molecule has 0 atom stereocenters. The molecule has 0 aromatic heterocycles. The lowest BCUT2D eigenvalue weighted by Crippen LogP contribution is -2.59. The third-order valence-corrected chi connectivity index (χ3v) is 3.31. The van der Waals surface area contributed by atoms with Crippen molar-refractivity contribution in [2.24, 2.45) is 0 Å². The first kappa shape index (κ1) is 14.7. The minimum atomic E-state index is -4.15. The van der Waals surface area contributed by atoms with Gasteiger partial charge in [0, 0.05) is 12.1 Å². The number of amides is 1. The molecule has 1 aliphatic rings. The van der Waals surface area contributed by atoms with E-state index in [4.69, 9.17) is 0 Å². The molecule has 2 rings (SSSR count). The Kier molecular flexibility index (Phi) is 3.45. The summed E-state index contributed by atoms with van der Waals surface area (Å²) in [5.74, 6) is -10.5. The number of alkyl halides is 2. The minimum absolute atomic E-state index is 0.126. The van der Waals surface area contributed by atoms with Crippen LogP contribution < -0.4 is 5.32 Å². The van der Waals surface area contributed by atoms with E-state index in [9.17, 15) is 31.9 Å². The average Bonchev–Trinajstić information content (AvgIpc) is 2.32. The number of hydrogen-bond donors (Lipinski definition) is 2. The Labute approximate surface area is 110 Å². The first-order chi connectivity index (χ1) is 9.17. The normalized spacial score (nSPS) is 17.5. The van der Waals surface area contributed by atoms with Crippen LogP contribution >= 0.6 is 0 Å². The molecule has 0 radical (unpaired) electrons. The van der Waals surface area contributed by atoms with E-state index in [1.54, 1.807) is 0 Å². The van der Waals surface area contributed by atoms with Crippen molar-refractivity contribution in [3.05, 3.63) is 29.6 Å². The van der Waals surface area contributed by atoms with Crippen molar-refractivity contribution in [1.29, 1.82) is 0 Å². The first-order valence-corrected chi connectivity index (χ1v) is 5.73. The maximum atomic E-state index is 13.7. The van der Waals surface area contributed by atoms with Crippen LogP contribution in [-0.2, 0) is 4.79 Å². The molecule has 1 aromatic carbocycles. The van der Waals surface area contributed by atoms with Crippen LogP contribution in [0, 0.1) is 17.5 Å². The molecule has 2 N–H and O–H groups in total. The van der Waals surface area contributed by atoms with Crippen molar-refractivity contribution < 1.29 is 31.9 Å². The number of nitrogens with one attached hydrogen (secondary N) is 1. The van der Waals surface area contributed by atoms with Crippen LogP contribution in [0.4, 0.5) is 27.6 Å². The van der Waals surface area contributed by atoms with E-state index in [1.165, 1.54) is 5.32 Å². The van der Waals surface area contributed by atoms with Gasteiger partial charge in [-0.2, -0.15) is 8.78 Å². The molecule has 0 spiro atoms. The Bertz CT molecular complexity index is 557.